The smallest absolute Gasteiger partial charge is 0.335 e. The van der Waals surface area contributed by atoms with Crippen LogP contribution in [0.25, 0.3) is 0 Å². The molecule has 0 unspecified atom stereocenters. The van der Waals surface area contributed by atoms with Gasteiger partial charge in [0.1, 0.15) is 5.75 Å². The number of ether oxygens (including phenoxy) is 1. The summed E-state index contributed by atoms with van der Waals surface area (Å²) in [5.41, 5.74) is 0.554. The SMILES string of the molecule is C[C@]12C[C@H](c3ccccc3O1)N(C(=O)c1cccs1)C(=O)N2c1ccc(Cl)cc1. The number of carbonyl (C=O) groups is 2. The molecule has 146 valence electrons. The summed E-state index contributed by atoms with van der Waals surface area (Å²) in [5.74, 6) is 0.384. The zero-order valence-electron chi connectivity index (χ0n) is 15.5. The molecule has 2 aliphatic heterocycles. The molecule has 3 heterocycles. The quantitative estimate of drug-likeness (QED) is 0.528. The van der Waals surface area contributed by atoms with E-state index in [1.807, 2.05) is 42.6 Å². The number of halogens is 1. The minimum atomic E-state index is -0.920. The summed E-state index contributed by atoms with van der Waals surface area (Å²) in [7, 11) is 0. The number of rotatable bonds is 2. The number of fused-ring (bicyclic) bond motifs is 4. The van der Waals surface area contributed by atoms with Crippen LogP contribution in [-0.4, -0.2) is 22.6 Å². The highest BCUT2D eigenvalue weighted by atomic mass is 35.5. The number of nitrogens with zero attached hydrogens (tertiary/aromatic N) is 2. The van der Waals surface area contributed by atoms with Crippen LogP contribution >= 0.6 is 22.9 Å². The van der Waals surface area contributed by atoms with Gasteiger partial charge in [0.2, 0.25) is 0 Å². The average Bonchev–Trinajstić information content (AvgIpc) is 3.24. The van der Waals surface area contributed by atoms with Gasteiger partial charge in [0.05, 0.1) is 10.9 Å². The number of carbonyl (C=O) groups excluding carboxylic acids is 2. The summed E-state index contributed by atoms with van der Waals surface area (Å²) < 4.78 is 6.31. The van der Waals surface area contributed by atoms with E-state index in [4.69, 9.17) is 16.3 Å². The van der Waals surface area contributed by atoms with Crippen LogP contribution in [-0.2, 0) is 0 Å². The van der Waals surface area contributed by atoms with E-state index in [0.29, 0.717) is 27.8 Å². The molecule has 0 spiro atoms. The fourth-order valence-corrected chi connectivity index (χ4v) is 4.91. The van der Waals surface area contributed by atoms with E-state index in [1.165, 1.54) is 16.2 Å². The van der Waals surface area contributed by atoms with E-state index in [-0.39, 0.29) is 5.91 Å². The zero-order valence-corrected chi connectivity index (χ0v) is 17.1. The summed E-state index contributed by atoms with van der Waals surface area (Å²) in [6.07, 6.45) is 0.468. The molecule has 1 fully saturated rings. The Morgan fingerprint density at radius 1 is 1.14 bits per heavy atom. The predicted octanol–water partition coefficient (Wildman–Crippen LogP) is 5.72. The maximum atomic E-state index is 13.7. The Morgan fingerprint density at radius 3 is 2.62 bits per heavy atom. The van der Waals surface area contributed by atoms with Gasteiger partial charge in [-0.05, 0) is 48.7 Å². The minimum absolute atomic E-state index is 0.298. The van der Waals surface area contributed by atoms with Crippen LogP contribution in [0.4, 0.5) is 10.5 Å². The van der Waals surface area contributed by atoms with Crippen molar-refractivity contribution in [1.29, 1.82) is 0 Å². The maximum Gasteiger partial charge on any atom is 0.335 e. The second-order valence-electron chi connectivity index (χ2n) is 7.28. The minimum Gasteiger partial charge on any atom is -0.467 e. The number of hydrogen-bond donors (Lipinski definition) is 0. The highest BCUT2D eigenvalue weighted by Gasteiger charge is 2.55. The predicted molar refractivity (Wildman–Crippen MR) is 113 cm³/mol. The number of imide groups is 1. The number of urea groups is 1. The van der Waals surface area contributed by atoms with Crippen LogP contribution < -0.4 is 9.64 Å². The van der Waals surface area contributed by atoms with Crippen molar-refractivity contribution in [3.63, 3.8) is 0 Å². The van der Waals surface area contributed by atoms with Gasteiger partial charge in [0.15, 0.2) is 5.72 Å². The maximum absolute atomic E-state index is 13.7. The van der Waals surface area contributed by atoms with Crippen LogP contribution in [0, 0.1) is 0 Å². The Hall–Kier alpha value is -2.83. The third-order valence-electron chi connectivity index (χ3n) is 5.40. The lowest BCUT2D eigenvalue weighted by Crippen LogP contribution is -2.67. The molecule has 0 saturated carbocycles. The van der Waals surface area contributed by atoms with Crippen LogP contribution in [0.3, 0.4) is 0 Å². The molecule has 3 aromatic rings. The second-order valence-corrected chi connectivity index (χ2v) is 8.67. The van der Waals surface area contributed by atoms with Gasteiger partial charge in [-0.3, -0.25) is 14.6 Å². The largest absolute Gasteiger partial charge is 0.467 e. The number of anilines is 1. The first kappa shape index (κ1) is 18.2. The molecular formula is C22H17ClN2O3S. The summed E-state index contributed by atoms with van der Waals surface area (Å²) in [6.45, 7) is 1.88. The van der Waals surface area contributed by atoms with Gasteiger partial charge >= 0.3 is 6.03 Å². The van der Waals surface area contributed by atoms with E-state index in [0.717, 1.165) is 5.56 Å². The molecule has 2 bridgehead atoms. The van der Waals surface area contributed by atoms with Gasteiger partial charge in [-0.15, -0.1) is 11.3 Å². The van der Waals surface area contributed by atoms with Crippen LogP contribution in [0.1, 0.15) is 34.6 Å². The van der Waals surface area contributed by atoms with Crippen molar-refractivity contribution in [2.75, 3.05) is 4.90 Å². The van der Waals surface area contributed by atoms with Crippen molar-refractivity contribution in [2.24, 2.45) is 0 Å². The Morgan fingerprint density at radius 2 is 1.90 bits per heavy atom. The van der Waals surface area contributed by atoms with Gasteiger partial charge in [-0.1, -0.05) is 35.9 Å². The standard InChI is InChI=1S/C22H17ClN2O3S/c1-22-13-17(16-5-2-3-6-18(16)28-22)24(20(26)19-7-4-12-29-19)21(27)25(22)15-10-8-14(23)9-11-15/h2-12,17H,13H2,1H3/t17-,22-/m1/s1. The zero-order chi connectivity index (χ0) is 20.2. The van der Waals surface area contributed by atoms with E-state index in [9.17, 15) is 9.59 Å². The van der Waals surface area contributed by atoms with E-state index < -0.39 is 17.8 Å². The number of amides is 3. The normalized spacial score (nSPS) is 22.8. The molecule has 1 aromatic heterocycles. The average molecular weight is 425 g/mol. The highest BCUT2D eigenvalue weighted by molar-refractivity contribution is 7.12. The van der Waals surface area contributed by atoms with Gasteiger partial charge < -0.3 is 4.74 Å². The van der Waals surface area contributed by atoms with Crippen molar-refractivity contribution in [3.8, 4) is 5.75 Å². The molecule has 5 nitrogen and oxygen atoms in total. The first-order valence-electron chi connectivity index (χ1n) is 9.23. The third kappa shape index (κ3) is 2.82. The Balaban J connectivity index is 1.68. The van der Waals surface area contributed by atoms with E-state index in [1.54, 1.807) is 35.2 Å². The number of para-hydroxylation sites is 1. The van der Waals surface area contributed by atoms with Crippen LogP contribution in [0.15, 0.2) is 66.0 Å². The Labute approximate surface area is 177 Å². The van der Waals surface area contributed by atoms with Crippen LogP contribution in [0.5, 0.6) is 5.75 Å². The van der Waals surface area contributed by atoms with Gasteiger partial charge in [0, 0.05) is 22.7 Å². The van der Waals surface area contributed by atoms with Crippen LogP contribution in [0.2, 0.25) is 5.02 Å². The second kappa shape index (κ2) is 6.61. The number of thiophene rings is 1. The number of hydrogen-bond acceptors (Lipinski definition) is 4. The number of benzene rings is 2. The lowest BCUT2D eigenvalue weighted by atomic mass is 9.88. The van der Waals surface area contributed by atoms with Crippen molar-refractivity contribution < 1.29 is 14.3 Å². The molecule has 0 N–H and O–H groups in total. The van der Waals surface area contributed by atoms with Crippen molar-refractivity contribution in [2.45, 2.75) is 25.1 Å². The molecule has 5 rings (SSSR count). The fraction of sp³-hybridized carbons (Fsp3) is 0.182. The third-order valence-corrected chi connectivity index (χ3v) is 6.51. The summed E-state index contributed by atoms with van der Waals surface area (Å²) in [4.78, 5) is 30.5. The van der Waals surface area contributed by atoms with Crippen molar-refractivity contribution in [3.05, 3.63) is 81.5 Å². The summed E-state index contributed by atoms with van der Waals surface area (Å²) in [6, 6.07) is 17.3. The first-order chi connectivity index (χ1) is 14.0. The molecule has 3 amide bonds. The van der Waals surface area contributed by atoms with E-state index in [2.05, 4.69) is 0 Å². The molecule has 29 heavy (non-hydrogen) atoms. The van der Waals surface area contributed by atoms with Gasteiger partial charge in [0.25, 0.3) is 5.91 Å². The summed E-state index contributed by atoms with van der Waals surface area (Å²) in [5, 5.41) is 2.41. The molecule has 2 aliphatic rings. The summed E-state index contributed by atoms with van der Waals surface area (Å²) >= 11 is 7.37. The Kier molecular flexibility index (Phi) is 4.15. The molecule has 0 aliphatic carbocycles. The topological polar surface area (TPSA) is 49.9 Å². The monoisotopic (exact) mass is 424 g/mol. The molecule has 2 aromatic carbocycles. The lowest BCUT2D eigenvalue weighted by Gasteiger charge is -2.53. The lowest BCUT2D eigenvalue weighted by molar-refractivity contribution is 0.00284. The van der Waals surface area contributed by atoms with E-state index >= 15 is 0 Å². The molecule has 1 saturated heterocycles. The molecule has 7 heteroatoms. The fourth-order valence-electron chi connectivity index (χ4n) is 4.13. The highest BCUT2D eigenvalue weighted by Crippen LogP contribution is 2.49. The molecular weight excluding hydrogens is 408 g/mol. The van der Waals surface area contributed by atoms with Gasteiger partial charge in [-0.2, -0.15) is 0 Å². The van der Waals surface area contributed by atoms with Crippen molar-refractivity contribution in [1.82, 2.24) is 4.90 Å². The Bertz CT molecular complexity index is 1100. The molecule has 0 radical (unpaired) electrons. The van der Waals surface area contributed by atoms with Crippen molar-refractivity contribution >= 4 is 40.6 Å². The molecule has 2 atom stereocenters. The van der Waals surface area contributed by atoms with Gasteiger partial charge in [-0.25, -0.2) is 4.79 Å². The first-order valence-corrected chi connectivity index (χ1v) is 10.5.